The number of carboxylic acid groups (broad SMARTS) is 1. The van der Waals surface area contributed by atoms with Gasteiger partial charge >= 0.3 is 5.97 Å². The van der Waals surface area contributed by atoms with Crippen molar-refractivity contribution in [3.8, 4) is 5.75 Å². The molecule has 0 aliphatic carbocycles. The number of hydrogen-bond donors (Lipinski definition) is 1. The van der Waals surface area contributed by atoms with E-state index < -0.39 is 5.97 Å². The molecule has 1 aromatic carbocycles. The first-order chi connectivity index (χ1) is 8.08. The monoisotopic (exact) mass is 233 g/mol. The van der Waals surface area contributed by atoms with E-state index in [-0.39, 0.29) is 5.69 Å². The van der Waals surface area contributed by atoms with E-state index in [0.717, 1.165) is 28.6 Å². The van der Waals surface area contributed by atoms with Crippen LogP contribution in [0.1, 0.15) is 23.0 Å². The molecule has 0 fully saturated rings. The molecular formula is C13H15NO3. The van der Waals surface area contributed by atoms with Crippen LogP contribution in [-0.4, -0.2) is 22.8 Å². The number of carboxylic acids is 1. The van der Waals surface area contributed by atoms with Gasteiger partial charge in [-0.1, -0.05) is 6.92 Å². The normalized spacial score (nSPS) is 10.8. The number of fused-ring (bicyclic) bond motifs is 1. The van der Waals surface area contributed by atoms with Gasteiger partial charge < -0.3 is 14.4 Å². The Bertz CT molecular complexity index is 584. The molecule has 1 aromatic heterocycles. The summed E-state index contributed by atoms with van der Waals surface area (Å²) >= 11 is 0. The lowest BCUT2D eigenvalue weighted by Gasteiger charge is -2.06. The molecule has 1 N–H and O–H groups in total. The molecule has 0 saturated carbocycles. The summed E-state index contributed by atoms with van der Waals surface area (Å²) in [5.74, 6) is -0.203. The molecule has 0 aliphatic heterocycles. The van der Waals surface area contributed by atoms with Crippen LogP contribution in [0.2, 0.25) is 0 Å². The fraction of sp³-hybridized carbons (Fsp3) is 0.308. The Labute approximate surface area is 99.4 Å². The fourth-order valence-electron chi connectivity index (χ4n) is 2.03. The van der Waals surface area contributed by atoms with Crippen LogP contribution in [0.15, 0.2) is 18.2 Å². The summed E-state index contributed by atoms with van der Waals surface area (Å²) in [4.78, 5) is 11.1. The van der Waals surface area contributed by atoms with Gasteiger partial charge in [0.2, 0.25) is 0 Å². The summed E-state index contributed by atoms with van der Waals surface area (Å²) in [6.45, 7) is 2.06. The quantitative estimate of drug-likeness (QED) is 0.885. The first-order valence-electron chi connectivity index (χ1n) is 5.48. The van der Waals surface area contributed by atoms with E-state index in [2.05, 4.69) is 6.92 Å². The van der Waals surface area contributed by atoms with Crippen LogP contribution in [0.3, 0.4) is 0 Å². The zero-order valence-corrected chi connectivity index (χ0v) is 10.2. The van der Waals surface area contributed by atoms with E-state index >= 15 is 0 Å². The van der Waals surface area contributed by atoms with Crippen molar-refractivity contribution in [3.05, 3.63) is 29.5 Å². The van der Waals surface area contributed by atoms with Crippen molar-refractivity contribution < 1.29 is 14.6 Å². The molecule has 4 heteroatoms. The predicted octanol–water partition coefficient (Wildman–Crippen LogP) is 2.45. The van der Waals surface area contributed by atoms with E-state index in [1.165, 1.54) is 0 Å². The van der Waals surface area contributed by atoms with Crippen molar-refractivity contribution in [2.45, 2.75) is 13.3 Å². The van der Waals surface area contributed by atoms with Gasteiger partial charge in [0.15, 0.2) is 0 Å². The average Bonchev–Trinajstić information content (AvgIpc) is 2.66. The maximum atomic E-state index is 11.1. The number of aromatic nitrogens is 1. The minimum atomic E-state index is -0.927. The van der Waals surface area contributed by atoms with E-state index in [1.54, 1.807) is 24.8 Å². The van der Waals surface area contributed by atoms with E-state index in [9.17, 15) is 4.79 Å². The Morgan fingerprint density at radius 1 is 1.41 bits per heavy atom. The van der Waals surface area contributed by atoms with Crippen molar-refractivity contribution >= 4 is 16.9 Å². The van der Waals surface area contributed by atoms with Crippen LogP contribution in [0, 0.1) is 0 Å². The number of rotatable bonds is 3. The predicted molar refractivity (Wildman–Crippen MR) is 65.8 cm³/mol. The Hall–Kier alpha value is -1.97. The van der Waals surface area contributed by atoms with Gasteiger partial charge in [0.25, 0.3) is 0 Å². The van der Waals surface area contributed by atoms with E-state index in [4.69, 9.17) is 9.84 Å². The van der Waals surface area contributed by atoms with Crippen LogP contribution in [-0.2, 0) is 13.5 Å². The van der Waals surface area contributed by atoms with Crippen molar-refractivity contribution in [1.82, 2.24) is 4.57 Å². The van der Waals surface area contributed by atoms with Crippen LogP contribution >= 0.6 is 0 Å². The Morgan fingerprint density at radius 2 is 2.12 bits per heavy atom. The smallest absolute Gasteiger partial charge is 0.352 e. The summed E-state index contributed by atoms with van der Waals surface area (Å²) < 4.78 is 6.99. The van der Waals surface area contributed by atoms with E-state index in [1.807, 2.05) is 12.1 Å². The molecule has 1 heterocycles. The van der Waals surface area contributed by atoms with Gasteiger partial charge in [-0.3, -0.25) is 0 Å². The summed E-state index contributed by atoms with van der Waals surface area (Å²) in [6.07, 6.45) is 0.889. The number of ether oxygens (including phenoxy) is 1. The molecule has 0 amide bonds. The third-order valence-corrected chi connectivity index (χ3v) is 3.03. The molecule has 0 spiro atoms. The second-order valence-electron chi connectivity index (χ2n) is 3.98. The maximum Gasteiger partial charge on any atom is 0.352 e. The third-order valence-electron chi connectivity index (χ3n) is 3.03. The van der Waals surface area contributed by atoms with Gasteiger partial charge in [0, 0.05) is 12.4 Å². The number of methoxy groups -OCH3 is 1. The first-order valence-corrected chi connectivity index (χ1v) is 5.48. The van der Waals surface area contributed by atoms with E-state index in [0.29, 0.717) is 0 Å². The Morgan fingerprint density at radius 3 is 2.65 bits per heavy atom. The van der Waals surface area contributed by atoms with Crippen molar-refractivity contribution in [1.29, 1.82) is 0 Å². The van der Waals surface area contributed by atoms with Crippen LogP contribution in [0.5, 0.6) is 5.75 Å². The molecule has 4 nitrogen and oxygen atoms in total. The number of benzene rings is 1. The highest BCUT2D eigenvalue weighted by atomic mass is 16.5. The fourth-order valence-corrected chi connectivity index (χ4v) is 2.03. The molecule has 0 radical (unpaired) electrons. The minimum absolute atomic E-state index is 0.270. The van der Waals surface area contributed by atoms with Crippen molar-refractivity contribution in [2.24, 2.45) is 7.05 Å². The number of nitrogens with zero attached hydrogens (tertiary/aromatic N) is 1. The van der Waals surface area contributed by atoms with Crippen LogP contribution in [0.4, 0.5) is 0 Å². The van der Waals surface area contributed by atoms with Gasteiger partial charge in [0.1, 0.15) is 11.4 Å². The second kappa shape index (κ2) is 4.13. The SMILES string of the molecule is CCc1cc(OC)c2cc(C(=O)O)n(C)c2c1. The lowest BCUT2D eigenvalue weighted by atomic mass is 10.1. The lowest BCUT2D eigenvalue weighted by molar-refractivity contribution is 0.0687. The van der Waals surface area contributed by atoms with Gasteiger partial charge in [-0.15, -0.1) is 0 Å². The summed E-state index contributed by atoms with van der Waals surface area (Å²) in [6, 6.07) is 5.61. The molecule has 2 rings (SSSR count). The number of aromatic carboxylic acids is 1. The van der Waals surface area contributed by atoms with Crippen molar-refractivity contribution in [2.75, 3.05) is 7.11 Å². The molecule has 0 aliphatic rings. The molecule has 2 aromatic rings. The zero-order valence-electron chi connectivity index (χ0n) is 10.2. The number of carbonyl (C=O) groups is 1. The lowest BCUT2D eigenvalue weighted by Crippen LogP contribution is -2.03. The molecule has 0 unspecified atom stereocenters. The second-order valence-corrected chi connectivity index (χ2v) is 3.98. The molecule has 0 bridgehead atoms. The highest BCUT2D eigenvalue weighted by molar-refractivity contribution is 5.97. The highest BCUT2D eigenvalue weighted by Crippen LogP contribution is 2.30. The van der Waals surface area contributed by atoms with Gasteiger partial charge in [-0.2, -0.15) is 0 Å². The molecule has 0 saturated heterocycles. The van der Waals surface area contributed by atoms with Gasteiger partial charge in [-0.25, -0.2) is 4.79 Å². The van der Waals surface area contributed by atoms with Crippen LogP contribution < -0.4 is 4.74 Å². The molecule has 17 heavy (non-hydrogen) atoms. The third kappa shape index (κ3) is 1.75. The average molecular weight is 233 g/mol. The minimum Gasteiger partial charge on any atom is -0.496 e. The summed E-state index contributed by atoms with van der Waals surface area (Å²) in [5, 5.41) is 9.93. The largest absolute Gasteiger partial charge is 0.496 e. The molecule has 0 atom stereocenters. The number of hydrogen-bond acceptors (Lipinski definition) is 2. The van der Waals surface area contributed by atoms with Gasteiger partial charge in [-0.05, 0) is 30.2 Å². The summed E-state index contributed by atoms with van der Waals surface area (Å²) in [5.41, 5.74) is 2.29. The summed E-state index contributed by atoms with van der Waals surface area (Å²) in [7, 11) is 3.35. The van der Waals surface area contributed by atoms with Crippen LogP contribution in [0.25, 0.3) is 10.9 Å². The molecular weight excluding hydrogens is 218 g/mol. The Balaban J connectivity index is 2.81. The first kappa shape index (κ1) is 11.5. The molecule has 90 valence electrons. The topological polar surface area (TPSA) is 51.5 Å². The van der Waals surface area contributed by atoms with Crippen molar-refractivity contribution in [3.63, 3.8) is 0 Å². The zero-order chi connectivity index (χ0) is 12.6. The van der Waals surface area contributed by atoms with Gasteiger partial charge in [0.05, 0.1) is 12.6 Å². The number of aryl methyl sites for hydroxylation is 2. The standard InChI is InChI=1S/C13H15NO3/c1-4-8-5-10-9(12(6-8)17-3)7-11(13(15)16)14(10)2/h5-7H,4H2,1-3H3,(H,15,16). The maximum absolute atomic E-state index is 11.1. The Kier molecular flexibility index (Phi) is 2.79. The highest BCUT2D eigenvalue weighted by Gasteiger charge is 2.15.